The van der Waals surface area contributed by atoms with Gasteiger partial charge >= 0.3 is 0 Å². The maximum atomic E-state index is 13.1. The zero-order valence-electron chi connectivity index (χ0n) is 18.5. The van der Waals surface area contributed by atoms with E-state index >= 15 is 0 Å². The molecule has 2 aromatic carbocycles. The van der Waals surface area contributed by atoms with Gasteiger partial charge < -0.3 is 10.2 Å². The summed E-state index contributed by atoms with van der Waals surface area (Å²) in [6, 6.07) is 15.3. The predicted molar refractivity (Wildman–Crippen MR) is 124 cm³/mol. The summed E-state index contributed by atoms with van der Waals surface area (Å²) < 4.78 is 0. The average Bonchev–Trinajstić information content (AvgIpc) is 2.75. The summed E-state index contributed by atoms with van der Waals surface area (Å²) in [5.41, 5.74) is 3.31. The van der Waals surface area contributed by atoms with Crippen molar-refractivity contribution in [2.45, 2.75) is 72.0 Å². The van der Waals surface area contributed by atoms with Crippen molar-refractivity contribution in [3.05, 3.63) is 70.2 Å². The zero-order chi connectivity index (χ0) is 22.1. The van der Waals surface area contributed by atoms with Crippen molar-refractivity contribution < 1.29 is 9.59 Å². The van der Waals surface area contributed by atoms with Gasteiger partial charge in [0.2, 0.25) is 11.8 Å². The van der Waals surface area contributed by atoms with Crippen molar-refractivity contribution in [1.29, 1.82) is 0 Å². The average molecular weight is 429 g/mol. The zero-order valence-corrected chi connectivity index (χ0v) is 19.2. The quantitative estimate of drug-likeness (QED) is 0.567. The fraction of sp³-hybridized carbons (Fsp3) is 0.440. The van der Waals surface area contributed by atoms with E-state index in [0.29, 0.717) is 24.4 Å². The number of hydrogen-bond donors (Lipinski definition) is 1. The molecule has 162 valence electrons. The Morgan fingerprint density at radius 1 is 1.00 bits per heavy atom. The number of nitrogens with one attached hydrogen (secondary N) is 1. The van der Waals surface area contributed by atoms with Crippen molar-refractivity contribution in [3.8, 4) is 0 Å². The highest BCUT2D eigenvalue weighted by molar-refractivity contribution is 6.30. The first kappa shape index (κ1) is 23.9. The second-order valence-corrected chi connectivity index (χ2v) is 8.25. The van der Waals surface area contributed by atoms with Crippen LogP contribution in [0.1, 0.15) is 57.2 Å². The summed E-state index contributed by atoms with van der Waals surface area (Å²) in [4.78, 5) is 27.5. The van der Waals surface area contributed by atoms with Crippen LogP contribution in [0.15, 0.2) is 48.5 Å². The van der Waals surface area contributed by atoms with Crippen molar-refractivity contribution in [3.63, 3.8) is 0 Å². The summed E-state index contributed by atoms with van der Waals surface area (Å²) in [7, 11) is 0. The Bertz CT molecular complexity index is 835. The van der Waals surface area contributed by atoms with Crippen molar-refractivity contribution in [2.75, 3.05) is 0 Å². The second-order valence-electron chi connectivity index (χ2n) is 7.82. The topological polar surface area (TPSA) is 49.4 Å². The van der Waals surface area contributed by atoms with Crippen LogP contribution in [0.5, 0.6) is 0 Å². The molecule has 2 atom stereocenters. The van der Waals surface area contributed by atoms with Gasteiger partial charge in [0.05, 0.1) is 0 Å². The summed E-state index contributed by atoms with van der Waals surface area (Å²) in [6.45, 7) is 8.25. The van der Waals surface area contributed by atoms with Gasteiger partial charge in [0, 0.05) is 24.0 Å². The third-order valence-electron chi connectivity index (χ3n) is 5.47. The molecule has 0 bridgehead atoms. The molecule has 2 amide bonds. The van der Waals surface area contributed by atoms with Crippen LogP contribution in [0, 0.1) is 0 Å². The smallest absolute Gasteiger partial charge is 0.242 e. The molecule has 0 fully saturated rings. The monoisotopic (exact) mass is 428 g/mol. The normalized spacial score (nSPS) is 12.8. The first-order valence-electron chi connectivity index (χ1n) is 10.8. The van der Waals surface area contributed by atoms with Gasteiger partial charge in [0.1, 0.15) is 6.04 Å². The molecule has 30 heavy (non-hydrogen) atoms. The van der Waals surface area contributed by atoms with Gasteiger partial charge in [-0.3, -0.25) is 9.59 Å². The number of rotatable bonds is 10. The Labute approximate surface area is 185 Å². The molecule has 0 heterocycles. The van der Waals surface area contributed by atoms with Crippen molar-refractivity contribution >= 4 is 23.4 Å². The van der Waals surface area contributed by atoms with Gasteiger partial charge in [-0.2, -0.15) is 0 Å². The van der Waals surface area contributed by atoms with Crippen LogP contribution >= 0.6 is 11.6 Å². The molecule has 2 rings (SSSR count). The van der Waals surface area contributed by atoms with Gasteiger partial charge in [0.15, 0.2) is 0 Å². The van der Waals surface area contributed by atoms with E-state index in [1.165, 1.54) is 5.56 Å². The minimum absolute atomic E-state index is 0.0404. The molecule has 0 unspecified atom stereocenters. The maximum absolute atomic E-state index is 13.1. The Morgan fingerprint density at radius 3 is 2.27 bits per heavy atom. The van der Waals surface area contributed by atoms with Crippen LogP contribution in [0.4, 0.5) is 0 Å². The predicted octanol–water partition coefficient (Wildman–Crippen LogP) is 5.17. The highest BCUT2D eigenvalue weighted by Crippen LogP contribution is 2.17. The minimum atomic E-state index is -0.562. The van der Waals surface area contributed by atoms with E-state index in [1.54, 1.807) is 17.9 Å². The lowest BCUT2D eigenvalue weighted by Crippen LogP contribution is -2.49. The number of benzene rings is 2. The molecule has 0 aromatic heterocycles. The van der Waals surface area contributed by atoms with E-state index < -0.39 is 6.04 Å². The molecule has 0 radical (unpaired) electrons. The van der Waals surface area contributed by atoms with Gasteiger partial charge in [0.25, 0.3) is 0 Å². The summed E-state index contributed by atoms with van der Waals surface area (Å²) >= 11 is 6.12. The van der Waals surface area contributed by atoms with E-state index in [9.17, 15) is 9.59 Å². The van der Waals surface area contributed by atoms with E-state index in [1.807, 2.05) is 32.0 Å². The third kappa shape index (κ3) is 7.17. The molecule has 0 saturated carbocycles. The number of amides is 2. The highest BCUT2D eigenvalue weighted by atomic mass is 35.5. The number of hydrogen-bond acceptors (Lipinski definition) is 2. The third-order valence-corrected chi connectivity index (χ3v) is 5.70. The standard InChI is InChI=1S/C25H33ClN2O2/c1-5-18(3)27-25(30)19(4)28(17-22-8-7-9-23(26)16-22)24(29)15-14-21-12-10-20(6-2)11-13-21/h7-13,16,18-19H,5-6,14-15,17H2,1-4H3,(H,27,30)/t18-,19+/m1/s1. The van der Waals surface area contributed by atoms with Gasteiger partial charge in [-0.15, -0.1) is 0 Å². The molecule has 0 aliphatic rings. The number of halogens is 1. The first-order valence-corrected chi connectivity index (χ1v) is 11.1. The summed E-state index contributed by atoms with van der Waals surface area (Å²) in [5.74, 6) is -0.173. The van der Waals surface area contributed by atoms with Crippen LogP contribution in [-0.2, 0) is 29.0 Å². The van der Waals surface area contributed by atoms with Crippen LogP contribution in [0.3, 0.4) is 0 Å². The first-order chi connectivity index (χ1) is 14.3. The fourth-order valence-electron chi connectivity index (χ4n) is 3.22. The Hall–Kier alpha value is -2.33. The lowest BCUT2D eigenvalue weighted by Gasteiger charge is -2.30. The SMILES string of the molecule is CCc1ccc(CCC(=O)N(Cc2cccc(Cl)c2)[C@@H](C)C(=O)N[C@H](C)CC)cc1. The Morgan fingerprint density at radius 2 is 1.67 bits per heavy atom. The van der Waals surface area contributed by atoms with Gasteiger partial charge in [-0.1, -0.05) is 61.8 Å². The van der Waals surface area contributed by atoms with Gasteiger partial charge in [-0.25, -0.2) is 0 Å². The molecule has 4 nitrogen and oxygen atoms in total. The Kier molecular flexibility index (Phi) is 9.38. The van der Waals surface area contributed by atoms with Gasteiger partial charge in [-0.05, 0) is 61.9 Å². The van der Waals surface area contributed by atoms with E-state index in [-0.39, 0.29) is 17.9 Å². The molecule has 5 heteroatoms. The molecule has 2 aromatic rings. The van der Waals surface area contributed by atoms with Crippen LogP contribution < -0.4 is 5.32 Å². The van der Waals surface area contributed by atoms with E-state index in [2.05, 4.69) is 36.5 Å². The molecule has 0 aliphatic heterocycles. The molecule has 1 N–H and O–H groups in total. The fourth-order valence-corrected chi connectivity index (χ4v) is 3.43. The second kappa shape index (κ2) is 11.8. The number of carbonyl (C=O) groups is 2. The van der Waals surface area contributed by atoms with Crippen LogP contribution in [-0.4, -0.2) is 28.8 Å². The number of aryl methyl sites for hydroxylation is 2. The maximum Gasteiger partial charge on any atom is 0.242 e. The Balaban J connectivity index is 2.13. The molecule has 0 aliphatic carbocycles. The van der Waals surface area contributed by atoms with Crippen LogP contribution in [0.2, 0.25) is 5.02 Å². The van der Waals surface area contributed by atoms with Crippen molar-refractivity contribution in [1.82, 2.24) is 10.2 Å². The number of nitrogens with zero attached hydrogens (tertiary/aromatic N) is 1. The van der Waals surface area contributed by atoms with Crippen molar-refractivity contribution in [2.24, 2.45) is 0 Å². The number of carbonyl (C=O) groups excluding carboxylic acids is 2. The van der Waals surface area contributed by atoms with E-state index in [4.69, 9.17) is 11.6 Å². The molecule has 0 saturated heterocycles. The molecule has 0 spiro atoms. The lowest BCUT2D eigenvalue weighted by molar-refractivity contribution is -0.140. The summed E-state index contributed by atoms with van der Waals surface area (Å²) in [6.07, 6.45) is 2.84. The minimum Gasteiger partial charge on any atom is -0.352 e. The highest BCUT2D eigenvalue weighted by Gasteiger charge is 2.26. The summed E-state index contributed by atoms with van der Waals surface area (Å²) in [5, 5.41) is 3.61. The molecular weight excluding hydrogens is 396 g/mol. The van der Waals surface area contributed by atoms with E-state index in [0.717, 1.165) is 24.0 Å². The lowest BCUT2D eigenvalue weighted by atomic mass is 10.0. The molecular formula is C25H33ClN2O2. The van der Waals surface area contributed by atoms with Crippen LogP contribution in [0.25, 0.3) is 0 Å². The largest absolute Gasteiger partial charge is 0.352 e.